The highest BCUT2D eigenvalue weighted by atomic mass is 35.5. The molecule has 3 rings (SSSR count). The van der Waals surface area contributed by atoms with Crippen LogP contribution in [0.15, 0.2) is 35.4 Å². The van der Waals surface area contributed by atoms with Gasteiger partial charge in [-0.25, -0.2) is 4.98 Å². The molecular weight excluding hydrogens is 399 g/mol. The van der Waals surface area contributed by atoms with Crippen LogP contribution in [-0.2, 0) is 6.18 Å². The topological polar surface area (TPSA) is 84.1 Å². The first-order valence-electron chi connectivity index (χ1n) is 8.61. The van der Waals surface area contributed by atoms with Crippen LogP contribution in [0.4, 0.5) is 13.2 Å². The summed E-state index contributed by atoms with van der Waals surface area (Å²) >= 11 is 5.72. The monoisotopic (exact) mass is 415 g/mol. The zero-order chi connectivity index (χ0) is 20.3. The zero-order valence-corrected chi connectivity index (χ0v) is 15.3. The number of H-pyrrole nitrogens is 1. The number of amides is 1. The molecule has 1 fully saturated rings. The van der Waals surface area contributed by atoms with Crippen LogP contribution in [0.25, 0.3) is 0 Å². The summed E-state index contributed by atoms with van der Waals surface area (Å²) in [5.74, 6) is -0.199. The van der Waals surface area contributed by atoms with Crippen LogP contribution in [0.5, 0.6) is 5.88 Å². The van der Waals surface area contributed by atoms with Crippen molar-refractivity contribution in [2.24, 2.45) is 0 Å². The van der Waals surface area contributed by atoms with Gasteiger partial charge in [-0.05, 0) is 37.8 Å². The molecule has 10 heteroatoms. The second kappa shape index (κ2) is 8.22. The third-order valence-electron chi connectivity index (χ3n) is 4.48. The van der Waals surface area contributed by atoms with Crippen LogP contribution in [-0.4, -0.2) is 28.0 Å². The van der Waals surface area contributed by atoms with Crippen molar-refractivity contribution in [1.29, 1.82) is 0 Å². The maximum Gasteiger partial charge on any atom is 0.417 e. The Morgan fingerprint density at radius 1 is 1.25 bits per heavy atom. The third-order valence-corrected chi connectivity index (χ3v) is 4.76. The molecule has 0 spiro atoms. The fraction of sp³-hybridized carbons (Fsp3) is 0.389. The van der Waals surface area contributed by atoms with E-state index in [9.17, 15) is 22.8 Å². The van der Waals surface area contributed by atoms with Gasteiger partial charge in [-0.1, -0.05) is 11.6 Å². The fourth-order valence-electron chi connectivity index (χ4n) is 2.97. The molecule has 0 atom stereocenters. The van der Waals surface area contributed by atoms with Crippen LogP contribution < -0.4 is 15.6 Å². The number of pyridine rings is 2. The average molecular weight is 416 g/mol. The van der Waals surface area contributed by atoms with E-state index in [2.05, 4.69) is 15.3 Å². The summed E-state index contributed by atoms with van der Waals surface area (Å²) in [5.41, 5.74) is -1.03. The van der Waals surface area contributed by atoms with E-state index >= 15 is 0 Å². The number of hydrogen-bond donors (Lipinski definition) is 2. The summed E-state index contributed by atoms with van der Waals surface area (Å²) in [6.07, 6.45) is -0.0227. The van der Waals surface area contributed by atoms with Gasteiger partial charge in [0.1, 0.15) is 11.1 Å². The summed E-state index contributed by atoms with van der Waals surface area (Å²) in [7, 11) is 0. The SMILES string of the molecule is O=C(NC1CCC(Oc2ccc(C(F)(F)F)cn2)CC1)c1c[nH]c(=O)c(Cl)c1. The summed E-state index contributed by atoms with van der Waals surface area (Å²) in [4.78, 5) is 29.6. The minimum Gasteiger partial charge on any atom is -0.474 e. The highest BCUT2D eigenvalue weighted by Gasteiger charge is 2.31. The molecule has 150 valence electrons. The van der Waals surface area contributed by atoms with E-state index < -0.39 is 17.3 Å². The number of nitrogens with one attached hydrogen (secondary N) is 2. The Kier molecular flexibility index (Phi) is 5.93. The van der Waals surface area contributed by atoms with Crippen LogP contribution in [0.1, 0.15) is 41.6 Å². The minimum atomic E-state index is -4.43. The van der Waals surface area contributed by atoms with Crippen molar-refractivity contribution < 1.29 is 22.7 Å². The second-order valence-corrected chi connectivity index (χ2v) is 6.92. The number of hydrogen-bond acceptors (Lipinski definition) is 4. The molecular formula is C18H17ClF3N3O3. The number of halogens is 4. The van der Waals surface area contributed by atoms with Crippen LogP contribution in [0.3, 0.4) is 0 Å². The number of aromatic nitrogens is 2. The Morgan fingerprint density at radius 2 is 1.96 bits per heavy atom. The van der Waals surface area contributed by atoms with E-state index in [1.165, 1.54) is 18.3 Å². The van der Waals surface area contributed by atoms with Crippen LogP contribution in [0.2, 0.25) is 5.02 Å². The maximum absolute atomic E-state index is 12.5. The van der Waals surface area contributed by atoms with E-state index in [-0.39, 0.29) is 34.5 Å². The van der Waals surface area contributed by atoms with Gasteiger partial charge in [-0.3, -0.25) is 9.59 Å². The van der Waals surface area contributed by atoms with Gasteiger partial charge < -0.3 is 15.0 Å². The van der Waals surface area contributed by atoms with Crippen molar-refractivity contribution in [3.8, 4) is 5.88 Å². The normalized spacial score (nSPS) is 19.9. The second-order valence-electron chi connectivity index (χ2n) is 6.51. The van der Waals surface area contributed by atoms with Crippen molar-refractivity contribution in [2.75, 3.05) is 0 Å². The van der Waals surface area contributed by atoms with E-state index in [0.717, 1.165) is 12.3 Å². The van der Waals surface area contributed by atoms with Crippen LogP contribution in [0, 0.1) is 0 Å². The van der Waals surface area contributed by atoms with Gasteiger partial charge in [0.2, 0.25) is 5.88 Å². The predicted molar refractivity (Wildman–Crippen MR) is 95.4 cm³/mol. The van der Waals surface area contributed by atoms with Gasteiger partial charge >= 0.3 is 6.18 Å². The van der Waals surface area contributed by atoms with E-state index in [4.69, 9.17) is 16.3 Å². The number of rotatable bonds is 4. The lowest BCUT2D eigenvalue weighted by Gasteiger charge is -2.29. The van der Waals surface area contributed by atoms with Gasteiger partial charge in [0.15, 0.2) is 0 Å². The quantitative estimate of drug-likeness (QED) is 0.799. The Hall–Kier alpha value is -2.55. The lowest BCUT2D eigenvalue weighted by molar-refractivity contribution is -0.137. The van der Waals surface area contributed by atoms with Gasteiger partial charge in [-0.2, -0.15) is 13.2 Å². The number of ether oxygens (including phenoxy) is 1. The average Bonchev–Trinajstić information content (AvgIpc) is 2.65. The number of nitrogens with zero attached hydrogens (tertiary/aromatic N) is 1. The molecule has 28 heavy (non-hydrogen) atoms. The van der Waals surface area contributed by atoms with Crippen molar-refractivity contribution in [3.05, 3.63) is 57.1 Å². The minimum absolute atomic E-state index is 0.0613. The number of alkyl halides is 3. The fourth-order valence-corrected chi connectivity index (χ4v) is 3.14. The highest BCUT2D eigenvalue weighted by Crippen LogP contribution is 2.30. The molecule has 6 nitrogen and oxygen atoms in total. The van der Waals surface area contributed by atoms with Gasteiger partial charge in [0.25, 0.3) is 11.5 Å². The predicted octanol–water partition coefficient (Wildman–Crippen LogP) is 3.56. The molecule has 2 heterocycles. The Bertz CT molecular complexity index is 891. The standard InChI is InChI=1S/C18H17ClF3N3O3/c19-14-7-10(8-24-17(14)27)16(26)25-12-2-4-13(5-3-12)28-15-6-1-11(9-23-15)18(20,21)22/h1,6-9,12-13H,2-5H2,(H,24,27)(H,25,26). The molecule has 2 aromatic rings. The largest absolute Gasteiger partial charge is 0.474 e. The smallest absolute Gasteiger partial charge is 0.417 e. The molecule has 2 N–H and O–H groups in total. The molecule has 1 aliphatic carbocycles. The molecule has 0 bridgehead atoms. The first kappa shape index (κ1) is 20.2. The first-order chi connectivity index (χ1) is 13.2. The van der Waals surface area contributed by atoms with Gasteiger partial charge in [-0.15, -0.1) is 0 Å². The highest BCUT2D eigenvalue weighted by molar-refractivity contribution is 6.30. The van der Waals surface area contributed by atoms with Crippen LogP contribution >= 0.6 is 11.6 Å². The molecule has 2 aromatic heterocycles. The van der Waals surface area contributed by atoms with E-state index in [0.29, 0.717) is 25.7 Å². The summed E-state index contributed by atoms with van der Waals surface area (Å²) in [6, 6.07) is 3.37. The lowest BCUT2D eigenvalue weighted by Crippen LogP contribution is -2.40. The molecule has 1 amide bonds. The summed E-state index contributed by atoms with van der Waals surface area (Å²) in [5, 5.41) is 2.81. The number of aromatic amines is 1. The summed E-state index contributed by atoms with van der Waals surface area (Å²) in [6.45, 7) is 0. The van der Waals surface area contributed by atoms with Gasteiger partial charge in [0, 0.05) is 24.5 Å². The Morgan fingerprint density at radius 3 is 2.54 bits per heavy atom. The summed E-state index contributed by atoms with van der Waals surface area (Å²) < 4.78 is 43.3. The number of carbonyl (C=O) groups is 1. The number of carbonyl (C=O) groups excluding carboxylic acids is 1. The zero-order valence-electron chi connectivity index (χ0n) is 14.6. The molecule has 1 saturated carbocycles. The van der Waals surface area contributed by atoms with Crippen molar-refractivity contribution in [2.45, 2.75) is 44.0 Å². The molecule has 0 unspecified atom stereocenters. The molecule has 0 radical (unpaired) electrons. The van der Waals surface area contributed by atoms with Crippen molar-refractivity contribution in [1.82, 2.24) is 15.3 Å². The molecule has 1 aliphatic rings. The van der Waals surface area contributed by atoms with Crippen molar-refractivity contribution >= 4 is 17.5 Å². The lowest BCUT2D eigenvalue weighted by atomic mass is 9.92. The Labute approximate surface area is 163 Å². The molecule has 0 saturated heterocycles. The van der Waals surface area contributed by atoms with Gasteiger partial charge in [0.05, 0.1) is 11.1 Å². The third kappa shape index (κ3) is 5.03. The van der Waals surface area contributed by atoms with E-state index in [1.807, 2.05) is 0 Å². The molecule has 0 aliphatic heterocycles. The van der Waals surface area contributed by atoms with E-state index in [1.54, 1.807) is 0 Å². The van der Waals surface area contributed by atoms with Crippen molar-refractivity contribution in [3.63, 3.8) is 0 Å². The first-order valence-corrected chi connectivity index (χ1v) is 8.99. The Balaban J connectivity index is 1.49. The maximum atomic E-state index is 12.5. The molecule has 0 aromatic carbocycles.